The van der Waals surface area contributed by atoms with Gasteiger partial charge in [0.15, 0.2) is 0 Å². The van der Waals surface area contributed by atoms with Crippen LogP contribution < -0.4 is 5.73 Å². The van der Waals surface area contributed by atoms with E-state index in [-0.39, 0.29) is 0 Å². The zero-order valence-electron chi connectivity index (χ0n) is 9.22. The van der Waals surface area contributed by atoms with Crippen LogP contribution in [0, 0.1) is 0 Å². The maximum absolute atomic E-state index is 5.59. The number of benzene rings is 1. The zero-order chi connectivity index (χ0) is 11.7. The highest BCUT2D eigenvalue weighted by Gasteiger charge is 2.08. The van der Waals surface area contributed by atoms with Crippen molar-refractivity contribution in [3.63, 3.8) is 0 Å². The topological polar surface area (TPSA) is 67.6 Å². The number of aromatic amines is 1. The Labute approximate surface area is 98.5 Å². The highest BCUT2D eigenvalue weighted by molar-refractivity contribution is 5.90. The number of nitrogens with zero attached hydrogens (tertiary/aromatic N) is 2. The minimum absolute atomic E-state index is 0.413. The molecular weight excluding hydrogens is 212 g/mol. The molecule has 0 aliphatic rings. The molecule has 0 aliphatic heterocycles. The van der Waals surface area contributed by atoms with Crippen molar-refractivity contribution in [3.05, 3.63) is 48.4 Å². The number of pyridine rings is 1. The van der Waals surface area contributed by atoms with Crippen molar-refractivity contribution in [3.8, 4) is 11.3 Å². The number of rotatable bonds is 2. The molecule has 0 saturated carbocycles. The Morgan fingerprint density at radius 2 is 2.06 bits per heavy atom. The number of aromatic nitrogens is 3. The lowest BCUT2D eigenvalue weighted by Crippen LogP contribution is -1.97. The number of nitrogens with one attached hydrogen (secondary N) is 1. The van der Waals surface area contributed by atoms with Crippen molar-refractivity contribution >= 4 is 11.0 Å². The first-order chi connectivity index (χ1) is 8.38. The second-order valence-corrected chi connectivity index (χ2v) is 3.80. The van der Waals surface area contributed by atoms with Gasteiger partial charge in [-0.2, -0.15) is 0 Å². The molecule has 0 saturated heterocycles. The number of hydrogen-bond donors (Lipinski definition) is 2. The monoisotopic (exact) mass is 224 g/mol. The molecule has 4 nitrogen and oxygen atoms in total. The molecule has 3 N–H and O–H groups in total. The molecule has 84 valence electrons. The second kappa shape index (κ2) is 3.99. The lowest BCUT2D eigenvalue weighted by atomic mass is 10.1. The summed E-state index contributed by atoms with van der Waals surface area (Å²) in [6.45, 7) is 0.413. The van der Waals surface area contributed by atoms with Crippen molar-refractivity contribution in [1.29, 1.82) is 0 Å². The molecule has 0 unspecified atom stereocenters. The van der Waals surface area contributed by atoms with Gasteiger partial charge in [-0.25, -0.2) is 4.98 Å². The first-order valence-corrected chi connectivity index (χ1v) is 5.47. The van der Waals surface area contributed by atoms with Gasteiger partial charge in [0.25, 0.3) is 0 Å². The van der Waals surface area contributed by atoms with Gasteiger partial charge in [-0.1, -0.05) is 18.2 Å². The summed E-state index contributed by atoms with van der Waals surface area (Å²) in [6.07, 6.45) is 1.78. The number of imidazole rings is 1. The molecule has 0 fully saturated rings. The predicted molar refractivity (Wildman–Crippen MR) is 67.2 cm³/mol. The van der Waals surface area contributed by atoms with Crippen LogP contribution in [0.1, 0.15) is 5.82 Å². The van der Waals surface area contributed by atoms with Crippen molar-refractivity contribution < 1.29 is 0 Å². The molecule has 0 aliphatic carbocycles. The molecule has 3 aromatic rings. The van der Waals surface area contributed by atoms with Gasteiger partial charge in [0.2, 0.25) is 0 Å². The summed E-state index contributed by atoms with van der Waals surface area (Å²) in [6, 6.07) is 11.9. The van der Waals surface area contributed by atoms with E-state index in [0.717, 1.165) is 28.1 Å². The highest BCUT2D eigenvalue weighted by atomic mass is 14.9. The lowest BCUT2D eigenvalue weighted by Gasteiger charge is -2.00. The number of H-pyrrole nitrogens is 1. The van der Waals surface area contributed by atoms with E-state index in [1.165, 1.54) is 0 Å². The van der Waals surface area contributed by atoms with Crippen LogP contribution >= 0.6 is 0 Å². The maximum atomic E-state index is 5.59. The molecular formula is C13H12N4. The van der Waals surface area contributed by atoms with Gasteiger partial charge in [-0.15, -0.1) is 0 Å². The second-order valence-electron chi connectivity index (χ2n) is 3.80. The molecule has 0 bridgehead atoms. The van der Waals surface area contributed by atoms with Crippen molar-refractivity contribution in [2.45, 2.75) is 6.54 Å². The SMILES string of the molecule is NCc1nc2c(-c3ccccn3)cccc2[nH]1. The first-order valence-electron chi connectivity index (χ1n) is 5.47. The van der Waals surface area contributed by atoms with Crippen molar-refractivity contribution in [2.24, 2.45) is 5.73 Å². The standard InChI is InChI=1S/C13H12N4/c14-8-12-16-11-6-3-4-9(13(11)17-12)10-5-1-2-7-15-10/h1-7H,8,14H2,(H,16,17). The van der Waals surface area contributed by atoms with Crippen LogP contribution in [0.5, 0.6) is 0 Å². The summed E-state index contributed by atoms with van der Waals surface area (Å²) in [5.41, 5.74) is 9.46. The van der Waals surface area contributed by atoms with Crippen molar-refractivity contribution in [1.82, 2.24) is 15.0 Å². The number of fused-ring (bicyclic) bond motifs is 1. The minimum Gasteiger partial charge on any atom is -0.341 e. The van der Waals surface area contributed by atoms with Crippen LogP contribution in [-0.2, 0) is 6.54 Å². The van der Waals surface area contributed by atoms with E-state index in [9.17, 15) is 0 Å². The largest absolute Gasteiger partial charge is 0.341 e. The fraction of sp³-hybridized carbons (Fsp3) is 0.0769. The summed E-state index contributed by atoms with van der Waals surface area (Å²) in [7, 11) is 0. The Balaban J connectivity index is 2.26. The third kappa shape index (κ3) is 1.68. The Hall–Kier alpha value is -2.20. The molecule has 1 aromatic carbocycles. The maximum Gasteiger partial charge on any atom is 0.121 e. The van der Waals surface area contributed by atoms with E-state index in [1.807, 2.05) is 36.4 Å². The summed E-state index contributed by atoms with van der Waals surface area (Å²) in [4.78, 5) is 12.0. The molecule has 0 atom stereocenters. The van der Waals surface area contributed by atoms with Gasteiger partial charge in [-0.05, 0) is 18.2 Å². The van der Waals surface area contributed by atoms with Gasteiger partial charge < -0.3 is 10.7 Å². The number of para-hydroxylation sites is 1. The fourth-order valence-corrected chi connectivity index (χ4v) is 1.91. The summed E-state index contributed by atoms with van der Waals surface area (Å²) < 4.78 is 0. The third-order valence-electron chi connectivity index (χ3n) is 2.70. The van der Waals surface area contributed by atoms with Crippen LogP contribution in [0.25, 0.3) is 22.3 Å². The van der Waals surface area contributed by atoms with Crippen molar-refractivity contribution in [2.75, 3.05) is 0 Å². The molecule has 2 heterocycles. The van der Waals surface area contributed by atoms with Crippen LogP contribution in [0.2, 0.25) is 0 Å². The summed E-state index contributed by atoms with van der Waals surface area (Å²) >= 11 is 0. The van der Waals surface area contributed by atoms with Crippen LogP contribution in [0.4, 0.5) is 0 Å². The average Bonchev–Trinajstić information content (AvgIpc) is 2.82. The Bertz CT molecular complexity index is 643. The molecule has 0 spiro atoms. The van der Waals surface area contributed by atoms with E-state index < -0.39 is 0 Å². The molecule has 4 heteroatoms. The molecule has 0 amide bonds. The zero-order valence-corrected chi connectivity index (χ0v) is 9.22. The van der Waals surface area contributed by atoms with E-state index in [2.05, 4.69) is 15.0 Å². The van der Waals surface area contributed by atoms with Gasteiger partial charge in [0.05, 0.1) is 23.3 Å². The molecule has 17 heavy (non-hydrogen) atoms. The minimum atomic E-state index is 0.413. The Morgan fingerprint density at radius 1 is 1.12 bits per heavy atom. The summed E-state index contributed by atoms with van der Waals surface area (Å²) in [5, 5.41) is 0. The van der Waals surface area contributed by atoms with Gasteiger partial charge >= 0.3 is 0 Å². The van der Waals surface area contributed by atoms with Gasteiger partial charge in [-0.3, -0.25) is 4.98 Å². The molecule has 3 rings (SSSR count). The quantitative estimate of drug-likeness (QED) is 0.700. The fourth-order valence-electron chi connectivity index (χ4n) is 1.91. The highest BCUT2D eigenvalue weighted by Crippen LogP contribution is 2.25. The summed E-state index contributed by atoms with van der Waals surface area (Å²) in [5.74, 6) is 0.795. The van der Waals surface area contributed by atoms with Gasteiger partial charge in [0.1, 0.15) is 5.82 Å². The Kier molecular flexibility index (Phi) is 2.34. The first kappa shape index (κ1) is 9.99. The van der Waals surface area contributed by atoms with E-state index in [0.29, 0.717) is 6.54 Å². The number of hydrogen-bond acceptors (Lipinski definition) is 3. The van der Waals surface area contributed by atoms with E-state index in [4.69, 9.17) is 5.73 Å². The van der Waals surface area contributed by atoms with E-state index >= 15 is 0 Å². The normalized spacial score (nSPS) is 10.9. The van der Waals surface area contributed by atoms with Crippen LogP contribution in [0.3, 0.4) is 0 Å². The van der Waals surface area contributed by atoms with Crippen LogP contribution in [0.15, 0.2) is 42.6 Å². The predicted octanol–water partition coefficient (Wildman–Crippen LogP) is 2.08. The van der Waals surface area contributed by atoms with Crippen LogP contribution in [-0.4, -0.2) is 15.0 Å². The molecule has 2 aromatic heterocycles. The smallest absolute Gasteiger partial charge is 0.121 e. The molecule has 0 radical (unpaired) electrons. The lowest BCUT2D eigenvalue weighted by molar-refractivity contribution is 0.958. The third-order valence-corrected chi connectivity index (χ3v) is 2.70. The average molecular weight is 224 g/mol. The Morgan fingerprint density at radius 3 is 2.82 bits per heavy atom. The van der Waals surface area contributed by atoms with E-state index in [1.54, 1.807) is 6.20 Å². The van der Waals surface area contributed by atoms with Gasteiger partial charge in [0, 0.05) is 11.8 Å². The number of nitrogens with two attached hydrogens (primary N) is 1.